The molecule has 0 saturated heterocycles. The molecule has 1 atom stereocenters. The zero-order chi connectivity index (χ0) is 14.0. The van der Waals surface area contributed by atoms with Crippen molar-refractivity contribution >= 4 is 10.9 Å². The minimum Gasteiger partial charge on any atom is -0.394 e. The van der Waals surface area contributed by atoms with Crippen molar-refractivity contribution in [1.82, 2.24) is 15.1 Å². The summed E-state index contributed by atoms with van der Waals surface area (Å²) in [7, 11) is 0. The number of hydrogen-bond acceptors (Lipinski definition) is 3. The maximum absolute atomic E-state index is 9.61. The molecule has 0 spiro atoms. The smallest absolute Gasteiger partial charge is 0.0682 e. The average molecular weight is 273 g/mol. The van der Waals surface area contributed by atoms with Gasteiger partial charge in [0.2, 0.25) is 0 Å². The van der Waals surface area contributed by atoms with E-state index in [9.17, 15) is 5.11 Å². The van der Waals surface area contributed by atoms with Crippen molar-refractivity contribution < 1.29 is 5.11 Å². The fourth-order valence-electron chi connectivity index (χ4n) is 2.74. The topological polar surface area (TPSA) is 50.1 Å². The summed E-state index contributed by atoms with van der Waals surface area (Å²) in [5, 5.41) is 18.8. The van der Waals surface area contributed by atoms with Crippen molar-refractivity contribution in [2.75, 3.05) is 6.61 Å². The lowest BCUT2D eigenvalue weighted by molar-refractivity contribution is 0.160. The molecule has 0 radical (unpaired) electrons. The standard InChI is InChI=1S/C16H23N3O/c1-16(12-20,18-14-7-8-14)9-4-10-19-15-6-3-2-5-13(15)11-17-19/h2-3,5-6,11,14,18,20H,4,7-10,12H2,1H3. The van der Waals surface area contributed by atoms with Crippen molar-refractivity contribution in [3.63, 3.8) is 0 Å². The van der Waals surface area contributed by atoms with Gasteiger partial charge in [-0.3, -0.25) is 4.68 Å². The molecular weight excluding hydrogens is 250 g/mol. The molecule has 1 aromatic heterocycles. The molecule has 1 heterocycles. The largest absolute Gasteiger partial charge is 0.394 e. The van der Waals surface area contributed by atoms with Gasteiger partial charge in [-0.15, -0.1) is 0 Å². The summed E-state index contributed by atoms with van der Waals surface area (Å²) in [6.45, 7) is 3.21. The van der Waals surface area contributed by atoms with E-state index >= 15 is 0 Å². The van der Waals surface area contributed by atoms with Crippen LogP contribution in [-0.2, 0) is 6.54 Å². The van der Waals surface area contributed by atoms with Crippen LogP contribution in [0.4, 0.5) is 0 Å². The van der Waals surface area contributed by atoms with Crippen LogP contribution in [0.2, 0.25) is 0 Å². The summed E-state index contributed by atoms with van der Waals surface area (Å²) in [4.78, 5) is 0. The third kappa shape index (κ3) is 3.02. The molecule has 1 unspecified atom stereocenters. The van der Waals surface area contributed by atoms with E-state index in [1.54, 1.807) is 0 Å². The number of aliphatic hydroxyl groups is 1. The maximum Gasteiger partial charge on any atom is 0.0682 e. The van der Waals surface area contributed by atoms with E-state index in [2.05, 4.69) is 34.2 Å². The van der Waals surface area contributed by atoms with Crippen LogP contribution in [-0.4, -0.2) is 33.1 Å². The van der Waals surface area contributed by atoms with Crippen molar-refractivity contribution in [2.24, 2.45) is 0 Å². The predicted molar refractivity (Wildman–Crippen MR) is 80.6 cm³/mol. The Kier molecular flexibility index (Phi) is 3.76. The number of aromatic nitrogens is 2. The number of para-hydroxylation sites is 1. The molecular formula is C16H23N3O. The molecule has 3 rings (SSSR count). The lowest BCUT2D eigenvalue weighted by atomic mass is 9.96. The minimum absolute atomic E-state index is 0.149. The predicted octanol–water partition coefficient (Wildman–Crippen LogP) is 2.32. The molecule has 4 nitrogen and oxygen atoms in total. The Labute approximate surface area is 119 Å². The summed E-state index contributed by atoms with van der Waals surface area (Å²) in [6.07, 6.45) is 6.40. The van der Waals surface area contributed by atoms with E-state index in [0.29, 0.717) is 6.04 Å². The number of hydrogen-bond donors (Lipinski definition) is 2. The first-order valence-electron chi connectivity index (χ1n) is 7.49. The lowest BCUT2D eigenvalue weighted by Crippen LogP contribution is -2.47. The molecule has 4 heteroatoms. The highest BCUT2D eigenvalue weighted by Crippen LogP contribution is 2.25. The second kappa shape index (κ2) is 5.54. The molecule has 1 aliphatic rings. The van der Waals surface area contributed by atoms with Gasteiger partial charge in [-0.1, -0.05) is 18.2 Å². The SMILES string of the molecule is CC(CO)(CCCn1ncc2ccccc21)NC1CC1. The molecule has 20 heavy (non-hydrogen) atoms. The Bertz CT molecular complexity index is 576. The molecule has 0 bridgehead atoms. The highest BCUT2D eigenvalue weighted by atomic mass is 16.3. The third-order valence-electron chi connectivity index (χ3n) is 4.13. The van der Waals surface area contributed by atoms with Gasteiger partial charge in [0, 0.05) is 23.5 Å². The quantitative estimate of drug-likeness (QED) is 0.814. The average Bonchev–Trinajstić information content (AvgIpc) is 3.17. The third-order valence-corrected chi connectivity index (χ3v) is 4.13. The number of rotatable bonds is 7. The van der Waals surface area contributed by atoms with Crippen molar-refractivity contribution in [3.05, 3.63) is 30.5 Å². The number of aliphatic hydroxyl groups excluding tert-OH is 1. The van der Waals surface area contributed by atoms with Crippen molar-refractivity contribution in [2.45, 2.75) is 50.7 Å². The first kappa shape index (κ1) is 13.6. The first-order chi connectivity index (χ1) is 9.70. The molecule has 108 valence electrons. The number of nitrogens with one attached hydrogen (secondary N) is 1. The molecule has 1 fully saturated rings. The normalized spacial score (nSPS) is 18.3. The number of benzene rings is 1. The zero-order valence-electron chi connectivity index (χ0n) is 12.0. The van der Waals surface area contributed by atoms with E-state index < -0.39 is 0 Å². The number of aryl methyl sites for hydroxylation is 1. The van der Waals surface area contributed by atoms with Gasteiger partial charge >= 0.3 is 0 Å². The lowest BCUT2D eigenvalue weighted by Gasteiger charge is -2.29. The summed E-state index contributed by atoms with van der Waals surface area (Å²) in [5.41, 5.74) is 1.04. The van der Waals surface area contributed by atoms with Crippen LogP contribution in [0.1, 0.15) is 32.6 Å². The summed E-state index contributed by atoms with van der Waals surface area (Å²) in [6, 6.07) is 8.91. The highest BCUT2D eigenvalue weighted by molar-refractivity contribution is 5.78. The van der Waals surface area contributed by atoms with Gasteiger partial charge in [0.05, 0.1) is 18.3 Å². The molecule has 2 aromatic rings. The zero-order valence-corrected chi connectivity index (χ0v) is 12.0. The molecule has 0 aliphatic heterocycles. The van der Waals surface area contributed by atoms with Gasteiger partial charge in [-0.2, -0.15) is 5.10 Å². The molecule has 1 aliphatic carbocycles. The maximum atomic E-state index is 9.61. The fourth-order valence-corrected chi connectivity index (χ4v) is 2.74. The minimum atomic E-state index is -0.149. The van der Waals surface area contributed by atoms with E-state index in [4.69, 9.17) is 0 Å². The second-order valence-corrected chi connectivity index (χ2v) is 6.17. The van der Waals surface area contributed by atoms with Crippen LogP contribution in [0.25, 0.3) is 10.9 Å². The van der Waals surface area contributed by atoms with Gasteiger partial charge in [0.25, 0.3) is 0 Å². The van der Waals surface area contributed by atoms with Crippen molar-refractivity contribution in [3.8, 4) is 0 Å². The Balaban J connectivity index is 1.58. The van der Waals surface area contributed by atoms with E-state index in [-0.39, 0.29) is 12.1 Å². The van der Waals surface area contributed by atoms with Gasteiger partial charge < -0.3 is 10.4 Å². The first-order valence-corrected chi connectivity index (χ1v) is 7.49. The Morgan fingerprint density at radius 3 is 2.95 bits per heavy atom. The molecule has 1 aromatic carbocycles. The van der Waals surface area contributed by atoms with Crippen LogP contribution >= 0.6 is 0 Å². The number of nitrogens with zero attached hydrogens (tertiary/aromatic N) is 2. The van der Waals surface area contributed by atoms with Crippen LogP contribution in [0, 0.1) is 0 Å². The van der Waals surface area contributed by atoms with E-state index in [1.807, 2.05) is 18.3 Å². The molecule has 1 saturated carbocycles. The Hall–Kier alpha value is -1.39. The number of fused-ring (bicyclic) bond motifs is 1. The molecule has 2 N–H and O–H groups in total. The van der Waals surface area contributed by atoms with Crippen molar-refractivity contribution in [1.29, 1.82) is 0 Å². The second-order valence-electron chi connectivity index (χ2n) is 6.17. The van der Waals surface area contributed by atoms with Gasteiger partial charge in [0.1, 0.15) is 0 Å². The van der Waals surface area contributed by atoms with E-state index in [0.717, 1.165) is 19.4 Å². The summed E-state index contributed by atoms with van der Waals surface area (Å²) in [5.74, 6) is 0. The van der Waals surface area contributed by atoms with Gasteiger partial charge in [-0.25, -0.2) is 0 Å². The summed E-state index contributed by atoms with van der Waals surface area (Å²) < 4.78 is 2.06. The Morgan fingerprint density at radius 1 is 1.40 bits per heavy atom. The summed E-state index contributed by atoms with van der Waals surface area (Å²) >= 11 is 0. The van der Waals surface area contributed by atoms with Crippen LogP contribution in [0.5, 0.6) is 0 Å². The monoisotopic (exact) mass is 273 g/mol. The van der Waals surface area contributed by atoms with Crippen LogP contribution in [0.3, 0.4) is 0 Å². The Morgan fingerprint density at radius 2 is 2.20 bits per heavy atom. The fraction of sp³-hybridized carbons (Fsp3) is 0.562. The van der Waals surface area contributed by atoms with Gasteiger partial charge in [0.15, 0.2) is 0 Å². The highest BCUT2D eigenvalue weighted by Gasteiger charge is 2.31. The van der Waals surface area contributed by atoms with Crippen LogP contribution in [0.15, 0.2) is 30.5 Å². The van der Waals surface area contributed by atoms with Gasteiger partial charge in [-0.05, 0) is 38.7 Å². The van der Waals surface area contributed by atoms with Crippen LogP contribution < -0.4 is 5.32 Å². The molecule has 0 amide bonds. The van der Waals surface area contributed by atoms with E-state index in [1.165, 1.54) is 23.7 Å².